The van der Waals surface area contributed by atoms with Crippen molar-refractivity contribution in [1.82, 2.24) is 0 Å². The van der Waals surface area contributed by atoms with Gasteiger partial charge in [0.05, 0.1) is 8.07 Å². The van der Waals surface area contributed by atoms with Crippen molar-refractivity contribution >= 4 is 33.0 Å². The van der Waals surface area contributed by atoms with E-state index in [0.717, 1.165) is 0 Å². The molecular weight excluding hydrogens is 317 g/mol. The topological polar surface area (TPSA) is 0 Å². The van der Waals surface area contributed by atoms with Gasteiger partial charge in [-0.05, 0) is 0 Å². The van der Waals surface area contributed by atoms with E-state index in [2.05, 4.69) is 90.8 Å². The molecule has 0 N–H and O–H groups in total. The minimum absolute atomic E-state index is 0. The normalized spacial score (nSPS) is 11.5. The lowest BCUT2D eigenvalue weighted by Gasteiger charge is -2.22. The summed E-state index contributed by atoms with van der Waals surface area (Å²) < 4.78 is 0. The average molecular weight is 365 g/mol. The Bertz CT molecular complexity index is 210. The molecule has 0 nitrogen and oxygen atoms in total. The quantitative estimate of drug-likeness (QED) is 0.454. The molecule has 0 aromatic carbocycles. The molecule has 0 bridgehead atoms. The van der Waals surface area contributed by atoms with Crippen LogP contribution in [0.4, 0.5) is 0 Å². The van der Waals surface area contributed by atoms with Crippen molar-refractivity contribution in [2.75, 3.05) is 0 Å². The highest BCUT2D eigenvalue weighted by molar-refractivity contribution is 6.81. The van der Waals surface area contributed by atoms with Gasteiger partial charge in [0.1, 0.15) is 0 Å². The monoisotopic (exact) mass is 364 g/mol. The number of rotatable bonds is 4. The molecule has 0 rings (SSSR count). The summed E-state index contributed by atoms with van der Waals surface area (Å²) in [6, 6.07) is 3.06. The minimum atomic E-state index is -0.867. The van der Waals surface area contributed by atoms with Gasteiger partial charge in [-0.1, -0.05) is 98.1 Å². The molecule has 0 aliphatic heterocycles. The fourth-order valence-electron chi connectivity index (χ4n) is 0.750. The Balaban J connectivity index is -0.000000113. The van der Waals surface area contributed by atoms with E-state index in [9.17, 15) is 0 Å². The molecule has 0 aromatic heterocycles. The second-order valence-electron chi connectivity index (χ2n) is 9.92. The van der Waals surface area contributed by atoms with Gasteiger partial charge >= 0.3 is 0 Å². The summed E-state index contributed by atoms with van der Waals surface area (Å²) in [7, 11) is -2.47. The molecule has 0 unspecified atom stereocenters. The van der Waals surface area contributed by atoms with Crippen molar-refractivity contribution in [3.8, 4) is 0 Å². The smallest absolute Gasteiger partial charge is 0.0679 e. The maximum absolute atomic E-state index is 3.69. The molecule has 0 spiro atoms. The van der Waals surface area contributed by atoms with Crippen LogP contribution < -0.4 is 0 Å². The largest absolute Gasteiger partial charge is 0.107 e. The number of hydrogen-bond acceptors (Lipinski definition) is 0. The third kappa shape index (κ3) is 63.4. The summed E-state index contributed by atoms with van der Waals surface area (Å²) in [4.78, 5) is 0. The van der Waals surface area contributed by atoms with Crippen LogP contribution in [0.15, 0.2) is 12.3 Å². The maximum Gasteiger partial charge on any atom is 0.0679 e. The van der Waals surface area contributed by atoms with E-state index in [1.54, 1.807) is 0 Å². The van der Waals surface area contributed by atoms with E-state index in [4.69, 9.17) is 0 Å². The first-order valence-electron chi connectivity index (χ1n) is 8.14. The fourth-order valence-corrected chi connectivity index (χ4v) is 6.75. The molecule has 0 radical (unpaired) electrons. The first-order chi connectivity index (χ1) is 8.50. The summed E-state index contributed by atoms with van der Waals surface area (Å²) in [6.45, 7) is 32.2. The van der Waals surface area contributed by atoms with E-state index in [1.165, 1.54) is 12.1 Å². The van der Waals surface area contributed by atoms with Gasteiger partial charge in [0.2, 0.25) is 0 Å². The molecule has 0 heterocycles. The van der Waals surface area contributed by atoms with E-state index < -0.39 is 24.2 Å². The predicted molar refractivity (Wildman–Crippen MR) is 121 cm³/mol. The standard InChI is InChI=1S/C8H22Si2.C5H12Si.C3H10Si.CH4/c1-9(2,3)7-8-10(4,5)6;1-5-6(2,3)4;1-4(2)3;/h7-8H2,1-6H3;5H,1H2,2-4H3;4H,1-3H3;1H4. The molecule has 0 saturated heterocycles. The summed E-state index contributed by atoms with van der Waals surface area (Å²) >= 11 is 0. The van der Waals surface area contributed by atoms with E-state index >= 15 is 0 Å². The first-order valence-corrected chi connectivity index (χ1v) is 22.6. The maximum atomic E-state index is 3.69. The van der Waals surface area contributed by atoms with Gasteiger partial charge in [0.25, 0.3) is 0 Å². The van der Waals surface area contributed by atoms with Crippen LogP contribution in [0.2, 0.25) is 90.7 Å². The highest BCUT2D eigenvalue weighted by atomic mass is 28.3. The summed E-state index contributed by atoms with van der Waals surface area (Å²) in [5, 5.41) is 0. The lowest BCUT2D eigenvalue weighted by atomic mass is 10.9. The van der Waals surface area contributed by atoms with Gasteiger partial charge in [-0.15, -0.1) is 12.3 Å². The molecule has 21 heavy (non-hydrogen) atoms. The fraction of sp³-hybridized carbons (Fsp3) is 0.882. The van der Waals surface area contributed by atoms with Crippen molar-refractivity contribution in [3.05, 3.63) is 12.3 Å². The Labute approximate surface area is 143 Å². The van der Waals surface area contributed by atoms with Crippen molar-refractivity contribution < 1.29 is 0 Å². The lowest BCUT2D eigenvalue weighted by Crippen LogP contribution is -2.26. The van der Waals surface area contributed by atoms with Crippen LogP contribution in [0.5, 0.6) is 0 Å². The molecular formula is C17H48Si4. The first kappa shape index (κ1) is 29.6. The van der Waals surface area contributed by atoms with Crippen LogP contribution in [-0.4, -0.2) is 33.0 Å². The highest BCUT2D eigenvalue weighted by Gasteiger charge is 2.19. The van der Waals surface area contributed by atoms with Crippen LogP contribution in [0.3, 0.4) is 0 Å². The molecule has 132 valence electrons. The molecule has 0 saturated carbocycles. The molecule has 4 heteroatoms. The zero-order valence-corrected chi connectivity index (χ0v) is 20.9. The predicted octanol–water partition coefficient (Wildman–Crippen LogP) is 7.45. The molecule has 0 aromatic rings. The van der Waals surface area contributed by atoms with Crippen LogP contribution in [0.25, 0.3) is 0 Å². The van der Waals surface area contributed by atoms with E-state index in [1.807, 2.05) is 0 Å². The molecule has 0 aliphatic rings. The average Bonchev–Trinajstić information content (AvgIpc) is 2.12. The van der Waals surface area contributed by atoms with Gasteiger partial charge in [0.15, 0.2) is 0 Å². The van der Waals surface area contributed by atoms with Crippen molar-refractivity contribution in [2.45, 2.75) is 98.1 Å². The van der Waals surface area contributed by atoms with E-state index in [-0.39, 0.29) is 16.2 Å². The van der Waals surface area contributed by atoms with Gasteiger partial charge in [-0.3, -0.25) is 0 Å². The van der Waals surface area contributed by atoms with Gasteiger partial charge in [-0.2, -0.15) is 0 Å². The Morgan fingerprint density at radius 3 is 0.905 bits per heavy atom. The summed E-state index contributed by atoms with van der Waals surface area (Å²) in [5.41, 5.74) is 2.08. The zero-order valence-electron chi connectivity index (χ0n) is 16.8. The lowest BCUT2D eigenvalue weighted by molar-refractivity contribution is 1.27. The molecule has 0 atom stereocenters. The third-order valence-electron chi connectivity index (χ3n) is 2.24. The summed E-state index contributed by atoms with van der Waals surface area (Å²) in [5.74, 6) is 0. The third-order valence-corrected chi connectivity index (χ3v) is 7.46. The van der Waals surface area contributed by atoms with Gasteiger partial charge in [0, 0.05) is 24.9 Å². The molecule has 0 fully saturated rings. The minimum Gasteiger partial charge on any atom is -0.107 e. The Kier molecular flexibility index (Phi) is 18.4. The van der Waals surface area contributed by atoms with Crippen molar-refractivity contribution in [2.24, 2.45) is 0 Å². The molecule has 0 amide bonds. The SMILES string of the molecule is C.C=C[Si](C)(C)C.C[SiH](C)C.C[Si](C)(C)CC[Si](C)(C)C. The summed E-state index contributed by atoms with van der Waals surface area (Å²) in [6.07, 6.45) is 0. The molecule has 0 aliphatic carbocycles. The Morgan fingerprint density at radius 2 is 0.857 bits per heavy atom. The van der Waals surface area contributed by atoms with Crippen molar-refractivity contribution in [1.29, 1.82) is 0 Å². The second-order valence-corrected chi connectivity index (χ2v) is 29.8. The highest BCUT2D eigenvalue weighted by Crippen LogP contribution is 2.19. The Morgan fingerprint density at radius 1 is 0.714 bits per heavy atom. The van der Waals surface area contributed by atoms with Crippen LogP contribution in [-0.2, 0) is 0 Å². The zero-order chi connectivity index (χ0) is 17.2. The number of hydrogen-bond donors (Lipinski definition) is 0. The van der Waals surface area contributed by atoms with E-state index in [0.29, 0.717) is 0 Å². The van der Waals surface area contributed by atoms with Crippen molar-refractivity contribution in [3.63, 3.8) is 0 Å². The van der Waals surface area contributed by atoms with Crippen LogP contribution in [0, 0.1) is 0 Å². The van der Waals surface area contributed by atoms with Crippen LogP contribution in [0.1, 0.15) is 7.43 Å². The second kappa shape index (κ2) is 13.1. The van der Waals surface area contributed by atoms with Crippen LogP contribution >= 0.6 is 0 Å². The Hall–Kier alpha value is 0.608. The van der Waals surface area contributed by atoms with Gasteiger partial charge in [-0.25, -0.2) is 0 Å². The van der Waals surface area contributed by atoms with Gasteiger partial charge < -0.3 is 0 Å².